The van der Waals surface area contributed by atoms with Gasteiger partial charge in [0.25, 0.3) is 5.69 Å². The fourth-order valence-electron chi connectivity index (χ4n) is 1.25. The lowest BCUT2D eigenvalue weighted by molar-refractivity contribution is -0.385. The molecule has 0 atom stereocenters. The zero-order chi connectivity index (χ0) is 13.1. The summed E-state index contributed by atoms with van der Waals surface area (Å²) in [5, 5.41) is 31.6. The monoisotopic (exact) mass is 241 g/mol. The molecule has 0 saturated carbocycles. The van der Waals surface area contributed by atoms with Crippen molar-refractivity contribution in [3.63, 3.8) is 0 Å². The summed E-state index contributed by atoms with van der Waals surface area (Å²) in [7, 11) is 0. The molecule has 1 aromatic heterocycles. The van der Waals surface area contributed by atoms with E-state index in [1.165, 1.54) is 19.1 Å². The summed E-state index contributed by atoms with van der Waals surface area (Å²) < 4.78 is 0. The zero-order valence-corrected chi connectivity index (χ0v) is 9.67. The Morgan fingerprint density at radius 2 is 2.06 bits per heavy atom. The third-order valence-corrected chi connectivity index (χ3v) is 2.38. The number of hydrogen-bond donors (Lipinski definition) is 3. The van der Waals surface area contributed by atoms with Crippen molar-refractivity contribution in [2.75, 3.05) is 18.5 Å². The van der Waals surface area contributed by atoms with Gasteiger partial charge in [-0.15, -0.1) is 0 Å². The molecule has 3 N–H and O–H groups in total. The molecule has 7 nitrogen and oxygen atoms in total. The number of aromatic nitrogens is 1. The van der Waals surface area contributed by atoms with Gasteiger partial charge in [-0.2, -0.15) is 0 Å². The van der Waals surface area contributed by atoms with Crippen molar-refractivity contribution < 1.29 is 15.1 Å². The molecule has 0 fully saturated rings. The first kappa shape index (κ1) is 13.3. The normalized spacial score (nSPS) is 11.3. The molecule has 7 heteroatoms. The largest absolute Gasteiger partial charge is 0.394 e. The highest BCUT2D eigenvalue weighted by Gasteiger charge is 2.23. The van der Waals surface area contributed by atoms with Crippen molar-refractivity contribution in [3.05, 3.63) is 27.9 Å². The lowest BCUT2D eigenvalue weighted by atomic mass is 10.1. The van der Waals surface area contributed by atoms with E-state index in [0.29, 0.717) is 5.82 Å². The molecule has 0 bridgehead atoms. The van der Waals surface area contributed by atoms with Gasteiger partial charge in [0, 0.05) is 6.07 Å². The van der Waals surface area contributed by atoms with Crippen molar-refractivity contribution in [2.24, 2.45) is 0 Å². The fourth-order valence-corrected chi connectivity index (χ4v) is 1.25. The Morgan fingerprint density at radius 3 is 2.47 bits per heavy atom. The number of rotatable bonds is 5. The minimum absolute atomic E-state index is 0.0646. The number of pyridine rings is 1. The van der Waals surface area contributed by atoms with E-state index in [4.69, 9.17) is 10.2 Å². The molecule has 0 amide bonds. The summed E-state index contributed by atoms with van der Waals surface area (Å²) in [4.78, 5) is 14.1. The highest BCUT2D eigenvalue weighted by Crippen LogP contribution is 2.20. The van der Waals surface area contributed by atoms with E-state index in [-0.39, 0.29) is 24.6 Å². The maximum absolute atomic E-state index is 10.6. The number of aryl methyl sites for hydroxylation is 1. The standard InChI is InChI=1S/C10H15N3O4/c1-7-8(13(16)17)3-4-9(11-7)12-10(2,5-14)6-15/h3-4,14-15H,5-6H2,1-2H3,(H,11,12). The Hall–Kier alpha value is -1.73. The molecule has 0 saturated heterocycles. The molecule has 0 spiro atoms. The third-order valence-electron chi connectivity index (χ3n) is 2.38. The summed E-state index contributed by atoms with van der Waals surface area (Å²) >= 11 is 0. The maximum atomic E-state index is 10.6. The molecule has 17 heavy (non-hydrogen) atoms. The number of nitrogens with one attached hydrogen (secondary N) is 1. The van der Waals surface area contributed by atoms with Crippen molar-refractivity contribution >= 4 is 11.5 Å². The molecule has 0 aromatic carbocycles. The Bertz CT molecular complexity index is 418. The quantitative estimate of drug-likeness (QED) is 0.510. The molecule has 0 unspecified atom stereocenters. The Kier molecular flexibility index (Phi) is 3.97. The first-order chi connectivity index (χ1) is 7.91. The lowest BCUT2D eigenvalue weighted by Crippen LogP contribution is -2.42. The van der Waals surface area contributed by atoms with E-state index >= 15 is 0 Å². The number of aliphatic hydroxyl groups is 2. The van der Waals surface area contributed by atoms with Crippen LogP contribution in [-0.2, 0) is 0 Å². The number of anilines is 1. The molecular formula is C10H15N3O4. The summed E-state index contributed by atoms with van der Waals surface area (Å²) in [6.07, 6.45) is 0. The van der Waals surface area contributed by atoms with Gasteiger partial charge in [0.2, 0.25) is 0 Å². The SMILES string of the molecule is Cc1nc(NC(C)(CO)CO)ccc1[N+](=O)[O-]. The van der Waals surface area contributed by atoms with Crippen molar-refractivity contribution in [3.8, 4) is 0 Å². The molecule has 94 valence electrons. The molecule has 0 aliphatic heterocycles. The number of hydrogen-bond acceptors (Lipinski definition) is 6. The van der Waals surface area contributed by atoms with Gasteiger partial charge in [-0.1, -0.05) is 0 Å². The molecule has 1 rings (SSSR count). The van der Waals surface area contributed by atoms with Crippen LogP contribution in [0.15, 0.2) is 12.1 Å². The Labute approximate surface area is 98.3 Å². The Balaban J connectivity index is 2.95. The van der Waals surface area contributed by atoms with Crippen LogP contribution in [0.4, 0.5) is 11.5 Å². The molecule has 1 heterocycles. The molecular weight excluding hydrogens is 226 g/mol. The highest BCUT2D eigenvalue weighted by atomic mass is 16.6. The molecule has 0 aliphatic carbocycles. The Morgan fingerprint density at radius 1 is 1.47 bits per heavy atom. The van der Waals surface area contributed by atoms with Crippen LogP contribution in [-0.4, -0.2) is 38.9 Å². The average molecular weight is 241 g/mol. The van der Waals surface area contributed by atoms with Crippen LogP contribution in [0.3, 0.4) is 0 Å². The van der Waals surface area contributed by atoms with Gasteiger partial charge < -0.3 is 15.5 Å². The van der Waals surface area contributed by atoms with E-state index in [1.54, 1.807) is 6.92 Å². The van der Waals surface area contributed by atoms with E-state index in [1.807, 2.05) is 0 Å². The maximum Gasteiger partial charge on any atom is 0.290 e. The smallest absolute Gasteiger partial charge is 0.290 e. The van der Waals surface area contributed by atoms with Crippen molar-refractivity contribution in [1.29, 1.82) is 0 Å². The van der Waals surface area contributed by atoms with Gasteiger partial charge in [-0.05, 0) is 19.9 Å². The second-order valence-electron chi connectivity index (χ2n) is 4.06. The van der Waals surface area contributed by atoms with Gasteiger partial charge >= 0.3 is 0 Å². The molecule has 0 aliphatic rings. The second-order valence-corrected chi connectivity index (χ2v) is 4.06. The summed E-state index contributed by atoms with van der Waals surface area (Å²) in [6, 6.07) is 2.77. The van der Waals surface area contributed by atoms with Crippen LogP contribution in [0.5, 0.6) is 0 Å². The van der Waals surface area contributed by atoms with Crippen molar-refractivity contribution in [2.45, 2.75) is 19.4 Å². The number of aliphatic hydroxyl groups excluding tert-OH is 2. The van der Waals surface area contributed by atoms with Gasteiger partial charge in [-0.3, -0.25) is 10.1 Å². The predicted molar refractivity (Wildman–Crippen MR) is 61.8 cm³/mol. The van der Waals surface area contributed by atoms with Crippen LogP contribution >= 0.6 is 0 Å². The molecule has 1 aromatic rings. The number of nitro groups is 1. The topological polar surface area (TPSA) is 109 Å². The van der Waals surface area contributed by atoms with Crippen LogP contribution in [0.1, 0.15) is 12.6 Å². The lowest BCUT2D eigenvalue weighted by Gasteiger charge is -2.26. The van der Waals surface area contributed by atoms with Gasteiger partial charge in [0.05, 0.1) is 23.7 Å². The first-order valence-electron chi connectivity index (χ1n) is 5.04. The third kappa shape index (κ3) is 3.11. The van der Waals surface area contributed by atoms with Crippen LogP contribution < -0.4 is 5.32 Å². The highest BCUT2D eigenvalue weighted by molar-refractivity contribution is 5.46. The van der Waals surface area contributed by atoms with Gasteiger partial charge in [-0.25, -0.2) is 4.98 Å². The van der Waals surface area contributed by atoms with Crippen LogP contribution in [0, 0.1) is 17.0 Å². The minimum atomic E-state index is -0.907. The fraction of sp³-hybridized carbons (Fsp3) is 0.500. The minimum Gasteiger partial charge on any atom is -0.394 e. The van der Waals surface area contributed by atoms with E-state index < -0.39 is 10.5 Å². The van der Waals surface area contributed by atoms with E-state index in [0.717, 1.165) is 0 Å². The second kappa shape index (κ2) is 5.07. The summed E-state index contributed by atoms with van der Waals surface area (Å²) in [5.74, 6) is 0.374. The van der Waals surface area contributed by atoms with E-state index in [9.17, 15) is 10.1 Å². The average Bonchev–Trinajstić information content (AvgIpc) is 2.28. The predicted octanol–water partition coefficient (Wildman–Crippen LogP) is 0.453. The number of nitrogens with zero attached hydrogens (tertiary/aromatic N) is 2. The first-order valence-corrected chi connectivity index (χ1v) is 5.04. The molecule has 0 radical (unpaired) electrons. The zero-order valence-electron chi connectivity index (χ0n) is 9.67. The van der Waals surface area contributed by atoms with E-state index in [2.05, 4.69) is 10.3 Å². The van der Waals surface area contributed by atoms with Gasteiger partial charge in [0.15, 0.2) is 0 Å². The summed E-state index contributed by atoms with van der Waals surface area (Å²) in [5.41, 5.74) is -0.696. The van der Waals surface area contributed by atoms with Crippen molar-refractivity contribution in [1.82, 2.24) is 4.98 Å². The summed E-state index contributed by atoms with van der Waals surface area (Å²) in [6.45, 7) is 2.59. The van der Waals surface area contributed by atoms with Gasteiger partial charge in [0.1, 0.15) is 11.5 Å². The van der Waals surface area contributed by atoms with Crippen LogP contribution in [0.2, 0.25) is 0 Å². The van der Waals surface area contributed by atoms with Crippen LogP contribution in [0.25, 0.3) is 0 Å².